The zero-order valence-corrected chi connectivity index (χ0v) is 15.8. The number of rotatable bonds is 5. The van der Waals surface area contributed by atoms with Gasteiger partial charge >= 0.3 is 0 Å². The summed E-state index contributed by atoms with van der Waals surface area (Å²) >= 11 is 0. The molecule has 1 saturated heterocycles. The molecule has 0 unspecified atom stereocenters. The van der Waals surface area contributed by atoms with E-state index < -0.39 is 15.8 Å². The molecule has 0 spiro atoms. The van der Waals surface area contributed by atoms with Crippen LogP contribution in [-0.4, -0.2) is 50.9 Å². The normalized spacial score (nSPS) is 16.6. The maximum atomic E-state index is 13.9. The van der Waals surface area contributed by atoms with Crippen LogP contribution in [0.5, 0.6) is 5.75 Å². The second-order valence-electron chi connectivity index (χ2n) is 6.40. The Morgan fingerprint density at radius 2 is 1.77 bits per heavy atom. The smallest absolute Gasteiger partial charge is 0.243 e. The second kappa shape index (κ2) is 7.73. The molecular weight excluding hydrogens is 355 g/mol. The van der Waals surface area contributed by atoms with Crippen molar-refractivity contribution in [3.63, 3.8) is 0 Å². The molecule has 1 aliphatic rings. The summed E-state index contributed by atoms with van der Waals surface area (Å²) in [7, 11) is -2.36. The summed E-state index contributed by atoms with van der Waals surface area (Å²) in [6, 6.07) is 12.0. The molecule has 0 radical (unpaired) electrons. The predicted octanol–water partition coefficient (Wildman–Crippen LogP) is 2.65. The van der Waals surface area contributed by atoms with E-state index in [0.717, 1.165) is 12.6 Å². The fourth-order valence-electron chi connectivity index (χ4n) is 3.11. The molecule has 26 heavy (non-hydrogen) atoms. The number of halogens is 1. The lowest BCUT2D eigenvalue weighted by Gasteiger charge is -2.34. The molecule has 0 aliphatic carbocycles. The highest BCUT2D eigenvalue weighted by molar-refractivity contribution is 7.89. The number of nitrogens with zero attached hydrogens (tertiary/aromatic N) is 2. The lowest BCUT2D eigenvalue weighted by Crippen LogP contribution is -2.48. The molecular formula is C19H23FN2O3S. The summed E-state index contributed by atoms with van der Waals surface area (Å²) in [5.74, 6) is -0.640. The molecule has 140 valence electrons. The van der Waals surface area contributed by atoms with E-state index >= 15 is 0 Å². The van der Waals surface area contributed by atoms with Crippen LogP contribution in [-0.2, 0) is 16.6 Å². The maximum absolute atomic E-state index is 13.9. The summed E-state index contributed by atoms with van der Waals surface area (Å²) in [6.07, 6.45) is 0. The molecule has 0 aromatic heterocycles. The summed E-state index contributed by atoms with van der Waals surface area (Å²) in [5, 5.41) is 0. The van der Waals surface area contributed by atoms with Crippen molar-refractivity contribution < 1.29 is 17.5 Å². The van der Waals surface area contributed by atoms with E-state index in [2.05, 4.69) is 24.0 Å². The van der Waals surface area contributed by atoms with E-state index in [1.165, 1.54) is 34.7 Å². The number of methoxy groups -OCH3 is 1. The topological polar surface area (TPSA) is 49.9 Å². The van der Waals surface area contributed by atoms with E-state index in [4.69, 9.17) is 4.74 Å². The molecule has 2 aromatic rings. The number of hydrogen-bond donors (Lipinski definition) is 0. The van der Waals surface area contributed by atoms with Crippen molar-refractivity contribution in [2.24, 2.45) is 0 Å². The molecule has 7 heteroatoms. The summed E-state index contributed by atoms with van der Waals surface area (Å²) in [5.41, 5.74) is 2.48. The van der Waals surface area contributed by atoms with Gasteiger partial charge in [-0.05, 0) is 36.2 Å². The molecule has 5 nitrogen and oxygen atoms in total. The molecule has 3 rings (SSSR count). The van der Waals surface area contributed by atoms with Gasteiger partial charge in [-0.25, -0.2) is 12.8 Å². The van der Waals surface area contributed by atoms with E-state index in [9.17, 15) is 12.8 Å². The van der Waals surface area contributed by atoms with Crippen LogP contribution in [0.3, 0.4) is 0 Å². The van der Waals surface area contributed by atoms with E-state index in [-0.39, 0.29) is 10.6 Å². The van der Waals surface area contributed by atoms with Gasteiger partial charge in [-0.1, -0.05) is 24.3 Å². The van der Waals surface area contributed by atoms with Crippen LogP contribution in [0.2, 0.25) is 0 Å². The molecule has 0 amide bonds. The van der Waals surface area contributed by atoms with Gasteiger partial charge in [-0.15, -0.1) is 0 Å². The third-order valence-electron chi connectivity index (χ3n) is 4.75. The van der Waals surface area contributed by atoms with Crippen molar-refractivity contribution in [3.8, 4) is 5.75 Å². The number of benzene rings is 2. The van der Waals surface area contributed by atoms with Crippen LogP contribution in [0, 0.1) is 12.7 Å². The van der Waals surface area contributed by atoms with Gasteiger partial charge in [0.15, 0.2) is 11.6 Å². The number of sulfonamides is 1. The molecule has 0 N–H and O–H groups in total. The van der Waals surface area contributed by atoms with Crippen LogP contribution in [0.15, 0.2) is 47.4 Å². The fourth-order valence-corrected chi connectivity index (χ4v) is 4.55. The van der Waals surface area contributed by atoms with Crippen molar-refractivity contribution in [1.82, 2.24) is 9.21 Å². The largest absolute Gasteiger partial charge is 0.494 e. The second-order valence-corrected chi connectivity index (χ2v) is 8.34. The Morgan fingerprint density at radius 3 is 2.38 bits per heavy atom. The minimum atomic E-state index is -3.70. The lowest BCUT2D eigenvalue weighted by atomic mass is 10.1. The first-order valence-electron chi connectivity index (χ1n) is 8.52. The average molecular weight is 378 g/mol. The van der Waals surface area contributed by atoms with Crippen molar-refractivity contribution >= 4 is 10.0 Å². The SMILES string of the molecule is COc1ccc(S(=O)(=O)N2CCN(Cc3ccccc3C)CC2)cc1F. The number of piperazine rings is 1. The Labute approximate surface area is 154 Å². The minimum Gasteiger partial charge on any atom is -0.494 e. The number of hydrogen-bond acceptors (Lipinski definition) is 4. The molecule has 2 aromatic carbocycles. The Kier molecular flexibility index (Phi) is 5.60. The molecule has 1 aliphatic heterocycles. The van der Waals surface area contributed by atoms with Crippen LogP contribution in [0.4, 0.5) is 4.39 Å². The Balaban J connectivity index is 1.67. The van der Waals surface area contributed by atoms with Crippen molar-refractivity contribution in [2.45, 2.75) is 18.4 Å². The maximum Gasteiger partial charge on any atom is 0.243 e. The summed E-state index contributed by atoms with van der Waals surface area (Å²) in [6.45, 7) is 4.95. The van der Waals surface area contributed by atoms with Crippen molar-refractivity contribution in [1.29, 1.82) is 0 Å². The van der Waals surface area contributed by atoms with Crippen LogP contribution in [0.25, 0.3) is 0 Å². The first-order valence-corrected chi connectivity index (χ1v) is 9.96. The van der Waals surface area contributed by atoms with Gasteiger partial charge in [-0.3, -0.25) is 4.90 Å². The average Bonchev–Trinajstić information content (AvgIpc) is 2.64. The molecule has 0 bridgehead atoms. The minimum absolute atomic E-state index is 0.0343. The van der Waals surface area contributed by atoms with E-state index in [1.54, 1.807) is 0 Å². The van der Waals surface area contributed by atoms with Gasteiger partial charge < -0.3 is 4.74 Å². The first kappa shape index (κ1) is 18.8. The summed E-state index contributed by atoms with van der Waals surface area (Å²) in [4.78, 5) is 2.20. The Hall–Kier alpha value is -1.96. The van der Waals surface area contributed by atoms with Crippen molar-refractivity contribution in [3.05, 3.63) is 59.4 Å². The highest BCUT2D eigenvalue weighted by Gasteiger charge is 2.29. The molecule has 1 heterocycles. The van der Waals surface area contributed by atoms with Crippen LogP contribution >= 0.6 is 0 Å². The fraction of sp³-hybridized carbons (Fsp3) is 0.368. The zero-order valence-electron chi connectivity index (χ0n) is 15.0. The zero-order chi connectivity index (χ0) is 18.7. The quantitative estimate of drug-likeness (QED) is 0.803. The van der Waals surface area contributed by atoms with Crippen molar-refractivity contribution in [2.75, 3.05) is 33.3 Å². The third-order valence-corrected chi connectivity index (χ3v) is 6.64. The van der Waals surface area contributed by atoms with E-state index in [1.807, 2.05) is 12.1 Å². The van der Waals surface area contributed by atoms with Gasteiger partial charge in [0.2, 0.25) is 10.0 Å². The van der Waals surface area contributed by atoms with Gasteiger partial charge in [0.25, 0.3) is 0 Å². The standard InChI is InChI=1S/C19H23FN2O3S/c1-15-5-3-4-6-16(15)14-21-9-11-22(12-10-21)26(23,24)17-7-8-19(25-2)18(20)13-17/h3-8,13H,9-12,14H2,1-2H3. The van der Waals surface area contributed by atoms with Gasteiger partial charge in [-0.2, -0.15) is 4.31 Å². The lowest BCUT2D eigenvalue weighted by molar-refractivity contribution is 0.181. The number of ether oxygens (including phenoxy) is 1. The van der Waals surface area contributed by atoms with E-state index in [0.29, 0.717) is 26.2 Å². The van der Waals surface area contributed by atoms with Gasteiger partial charge in [0.05, 0.1) is 12.0 Å². The Bertz CT molecular complexity index is 878. The number of aryl methyl sites for hydroxylation is 1. The van der Waals surface area contributed by atoms with Crippen LogP contribution < -0.4 is 4.74 Å². The van der Waals surface area contributed by atoms with Crippen LogP contribution in [0.1, 0.15) is 11.1 Å². The first-order chi connectivity index (χ1) is 12.4. The van der Waals surface area contributed by atoms with Gasteiger partial charge in [0, 0.05) is 32.7 Å². The molecule has 0 saturated carbocycles. The van der Waals surface area contributed by atoms with Gasteiger partial charge in [0.1, 0.15) is 0 Å². The highest BCUT2D eigenvalue weighted by atomic mass is 32.2. The molecule has 1 fully saturated rings. The Morgan fingerprint density at radius 1 is 1.08 bits per heavy atom. The third kappa shape index (κ3) is 3.90. The predicted molar refractivity (Wildman–Crippen MR) is 98.2 cm³/mol. The summed E-state index contributed by atoms with van der Waals surface area (Å²) < 4.78 is 45.7. The highest BCUT2D eigenvalue weighted by Crippen LogP contribution is 2.24. The monoisotopic (exact) mass is 378 g/mol. The molecule has 0 atom stereocenters.